The lowest BCUT2D eigenvalue weighted by atomic mass is 10.1. The fourth-order valence-electron chi connectivity index (χ4n) is 2.38. The van der Waals surface area contributed by atoms with Gasteiger partial charge in [0.05, 0.1) is 0 Å². The Kier molecular flexibility index (Phi) is 5.55. The molecular formula is C17H23N3O. The van der Waals surface area contributed by atoms with Crippen LogP contribution in [0.25, 0.3) is 0 Å². The quantitative estimate of drug-likeness (QED) is 0.849. The lowest BCUT2D eigenvalue weighted by Crippen LogP contribution is -2.26. The van der Waals surface area contributed by atoms with E-state index in [0.29, 0.717) is 19.5 Å². The van der Waals surface area contributed by atoms with Crippen LogP contribution in [0.15, 0.2) is 36.7 Å². The summed E-state index contributed by atoms with van der Waals surface area (Å²) in [7, 11) is 0. The van der Waals surface area contributed by atoms with Gasteiger partial charge in [-0.05, 0) is 18.9 Å². The minimum atomic E-state index is 0.0957. The molecule has 0 aliphatic carbocycles. The maximum absolute atomic E-state index is 11.9. The standard InChI is InChI=1S/C17H23N3O/c1-3-16-18-10-12-20(16)11-8-17(21)19-9-7-15-6-4-5-14(2)13-15/h4-6,10,12-13H,3,7-9,11H2,1-2H3,(H,19,21). The number of aryl methyl sites for hydroxylation is 3. The molecule has 1 aromatic heterocycles. The van der Waals surface area contributed by atoms with Crippen molar-refractivity contribution in [3.63, 3.8) is 0 Å². The molecule has 0 radical (unpaired) electrons. The second kappa shape index (κ2) is 7.62. The third kappa shape index (κ3) is 4.74. The summed E-state index contributed by atoms with van der Waals surface area (Å²) in [5.41, 5.74) is 2.52. The predicted molar refractivity (Wildman–Crippen MR) is 84.1 cm³/mol. The summed E-state index contributed by atoms with van der Waals surface area (Å²) in [5, 5.41) is 2.98. The summed E-state index contributed by atoms with van der Waals surface area (Å²) in [5.74, 6) is 1.13. The normalized spacial score (nSPS) is 10.6. The van der Waals surface area contributed by atoms with Crippen molar-refractivity contribution < 1.29 is 4.79 Å². The zero-order valence-corrected chi connectivity index (χ0v) is 12.8. The Hall–Kier alpha value is -2.10. The van der Waals surface area contributed by atoms with Crippen molar-refractivity contribution in [2.75, 3.05) is 6.54 Å². The molecule has 4 heteroatoms. The average molecular weight is 285 g/mol. The highest BCUT2D eigenvalue weighted by Crippen LogP contribution is 2.04. The van der Waals surface area contributed by atoms with Crippen LogP contribution in [0.2, 0.25) is 0 Å². The van der Waals surface area contributed by atoms with E-state index in [1.807, 2.05) is 10.8 Å². The monoisotopic (exact) mass is 285 g/mol. The molecule has 0 saturated carbocycles. The average Bonchev–Trinajstić information content (AvgIpc) is 2.92. The first kappa shape index (κ1) is 15.3. The number of carbonyl (C=O) groups excluding carboxylic acids is 1. The van der Waals surface area contributed by atoms with Crippen LogP contribution in [-0.2, 0) is 24.2 Å². The van der Waals surface area contributed by atoms with Gasteiger partial charge in [0.25, 0.3) is 0 Å². The topological polar surface area (TPSA) is 46.9 Å². The molecule has 0 aliphatic heterocycles. The van der Waals surface area contributed by atoms with E-state index in [4.69, 9.17) is 0 Å². The van der Waals surface area contributed by atoms with Crippen LogP contribution < -0.4 is 5.32 Å². The highest BCUT2D eigenvalue weighted by molar-refractivity contribution is 5.75. The van der Waals surface area contributed by atoms with Gasteiger partial charge in [-0.2, -0.15) is 0 Å². The van der Waals surface area contributed by atoms with Crippen LogP contribution in [0.4, 0.5) is 0 Å². The van der Waals surface area contributed by atoms with Crippen molar-refractivity contribution in [3.8, 4) is 0 Å². The Morgan fingerprint density at radius 3 is 3.00 bits per heavy atom. The van der Waals surface area contributed by atoms with Crippen molar-refractivity contribution >= 4 is 5.91 Å². The van der Waals surface area contributed by atoms with Gasteiger partial charge in [0, 0.05) is 38.3 Å². The molecule has 0 spiro atoms. The second-order valence-corrected chi connectivity index (χ2v) is 5.23. The number of benzene rings is 1. The summed E-state index contributed by atoms with van der Waals surface area (Å²) >= 11 is 0. The summed E-state index contributed by atoms with van der Waals surface area (Å²) in [6, 6.07) is 8.39. The SMILES string of the molecule is CCc1nccn1CCC(=O)NCCc1cccc(C)c1. The molecule has 1 amide bonds. The number of nitrogens with one attached hydrogen (secondary N) is 1. The van der Waals surface area contributed by atoms with E-state index in [9.17, 15) is 4.79 Å². The van der Waals surface area contributed by atoms with Crippen molar-refractivity contribution in [3.05, 3.63) is 53.6 Å². The Bertz CT molecular complexity index is 589. The van der Waals surface area contributed by atoms with Crippen molar-refractivity contribution in [1.82, 2.24) is 14.9 Å². The van der Waals surface area contributed by atoms with E-state index in [-0.39, 0.29) is 5.91 Å². The summed E-state index contributed by atoms with van der Waals surface area (Å²) in [6.07, 6.45) is 5.98. The molecule has 1 N–H and O–H groups in total. The lowest BCUT2D eigenvalue weighted by Gasteiger charge is -2.08. The number of carbonyl (C=O) groups is 1. The van der Waals surface area contributed by atoms with Crippen LogP contribution >= 0.6 is 0 Å². The molecule has 4 nitrogen and oxygen atoms in total. The Morgan fingerprint density at radius 1 is 1.38 bits per heavy atom. The van der Waals surface area contributed by atoms with Crippen LogP contribution in [0.1, 0.15) is 30.3 Å². The first-order valence-electron chi connectivity index (χ1n) is 7.51. The van der Waals surface area contributed by atoms with E-state index >= 15 is 0 Å². The van der Waals surface area contributed by atoms with Gasteiger partial charge < -0.3 is 9.88 Å². The van der Waals surface area contributed by atoms with Crippen molar-refractivity contribution in [2.24, 2.45) is 0 Å². The predicted octanol–water partition coefficient (Wildman–Crippen LogP) is 2.50. The van der Waals surface area contributed by atoms with Crippen molar-refractivity contribution in [2.45, 2.75) is 39.7 Å². The van der Waals surface area contributed by atoms with Crippen LogP contribution in [-0.4, -0.2) is 22.0 Å². The molecule has 0 fully saturated rings. The minimum absolute atomic E-state index is 0.0957. The van der Waals surface area contributed by atoms with Crippen LogP contribution in [0, 0.1) is 6.92 Å². The zero-order chi connectivity index (χ0) is 15.1. The molecule has 2 rings (SSSR count). The smallest absolute Gasteiger partial charge is 0.221 e. The van der Waals surface area contributed by atoms with E-state index in [1.165, 1.54) is 11.1 Å². The van der Waals surface area contributed by atoms with Gasteiger partial charge in [-0.25, -0.2) is 4.98 Å². The Morgan fingerprint density at radius 2 is 2.24 bits per heavy atom. The minimum Gasteiger partial charge on any atom is -0.356 e. The summed E-state index contributed by atoms with van der Waals surface area (Å²) in [4.78, 5) is 16.1. The highest BCUT2D eigenvalue weighted by Gasteiger charge is 2.04. The maximum atomic E-state index is 11.9. The van der Waals surface area contributed by atoms with Crippen molar-refractivity contribution in [1.29, 1.82) is 0 Å². The third-order valence-electron chi connectivity index (χ3n) is 3.52. The molecule has 0 bridgehead atoms. The lowest BCUT2D eigenvalue weighted by molar-refractivity contribution is -0.121. The molecule has 112 valence electrons. The number of aromatic nitrogens is 2. The molecule has 1 aromatic carbocycles. The molecule has 0 saturated heterocycles. The van der Waals surface area contributed by atoms with Gasteiger partial charge >= 0.3 is 0 Å². The number of nitrogens with zero attached hydrogens (tertiary/aromatic N) is 2. The van der Waals surface area contributed by atoms with Crippen LogP contribution in [0.3, 0.4) is 0 Å². The van der Waals surface area contributed by atoms with Gasteiger partial charge in [-0.3, -0.25) is 4.79 Å². The Balaban J connectivity index is 1.70. The van der Waals surface area contributed by atoms with Gasteiger partial charge in [-0.1, -0.05) is 36.8 Å². The molecular weight excluding hydrogens is 262 g/mol. The van der Waals surface area contributed by atoms with Crippen LogP contribution in [0.5, 0.6) is 0 Å². The van der Waals surface area contributed by atoms with Gasteiger partial charge in [0.15, 0.2) is 0 Å². The number of rotatable bonds is 7. The van der Waals surface area contributed by atoms with Gasteiger partial charge in [0.1, 0.15) is 5.82 Å². The highest BCUT2D eigenvalue weighted by atomic mass is 16.1. The molecule has 0 atom stereocenters. The first-order chi connectivity index (χ1) is 10.2. The largest absolute Gasteiger partial charge is 0.356 e. The van der Waals surface area contributed by atoms with Gasteiger partial charge in [-0.15, -0.1) is 0 Å². The molecule has 0 unspecified atom stereocenters. The molecule has 1 heterocycles. The second-order valence-electron chi connectivity index (χ2n) is 5.23. The van der Waals surface area contributed by atoms with Gasteiger partial charge in [0.2, 0.25) is 5.91 Å². The van der Waals surface area contributed by atoms with E-state index in [0.717, 1.165) is 18.7 Å². The number of amides is 1. The zero-order valence-electron chi connectivity index (χ0n) is 12.8. The van der Waals surface area contributed by atoms with E-state index in [2.05, 4.69) is 48.4 Å². The fraction of sp³-hybridized carbons (Fsp3) is 0.412. The Labute approximate surface area is 126 Å². The summed E-state index contributed by atoms with van der Waals surface area (Å²) < 4.78 is 2.04. The fourth-order valence-corrected chi connectivity index (χ4v) is 2.38. The van der Waals surface area contributed by atoms with E-state index in [1.54, 1.807) is 6.20 Å². The maximum Gasteiger partial charge on any atom is 0.221 e. The third-order valence-corrected chi connectivity index (χ3v) is 3.52. The molecule has 2 aromatic rings. The molecule has 21 heavy (non-hydrogen) atoms. The number of imidazole rings is 1. The number of hydrogen-bond donors (Lipinski definition) is 1. The number of hydrogen-bond acceptors (Lipinski definition) is 2. The first-order valence-corrected chi connectivity index (χ1v) is 7.51. The summed E-state index contributed by atoms with van der Waals surface area (Å²) in [6.45, 7) is 5.53. The molecule has 0 aliphatic rings. The van der Waals surface area contributed by atoms with E-state index < -0.39 is 0 Å².